The summed E-state index contributed by atoms with van der Waals surface area (Å²) in [4.78, 5) is 4.49. The molecule has 0 saturated carbocycles. The minimum atomic E-state index is -0.822. The van der Waals surface area contributed by atoms with Crippen molar-refractivity contribution in [3.63, 3.8) is 0 Å². The zero-order valence-electron chi connectivity index (χ0n) is 15.1. The normalized spacial score (nSPS) is 13.8. The molecular weight excluding hydrogens is 334 g/mol. The van der Waals surface area contributed by atoms with Gasteiger partial charge in [-0.3, -0.25) is 5.01 Å². The number of hydrogen-bond acceptors (Lipinski definition) is 8. The molecule has 1 aliphatic heterocycles. The van der Waals surface area contributed by atoms with E-state index >= 15 is 0 Å². The molecule has 4 rings (SSSR count). The summed E-state index contributed by atoms with van der Waals surface area (Å²) in [7, 11) is 0. The van der Waals surface area contributed by atoms with Crippen LogP contribution in [0.3, 0.4) is 0 Å². The average Bonchev–Trinajstić information content (AvgIpc) is 3.25. The van der Waals surface area contributed by atoms with E-state index in [1.807, 2.05) is 43.1 Å². The Morgan fingerprint density at radius 3 is 2.73 bits per heavy atom. The number of furan rings is 1. The van der Waals surface area contributed by atoms with E-state index < -0.39 is 5.60 Å². The number of aliphatic hydroxyl groups is 1. The highest BCUT2D eigenvalue weighted by Crippen LogP contribution is 2.34. The van der Waals surface area contributed by atoms with E-state index in [4.69, 9.17) is 8.94 Å². The summed E-state index contributed by atoms with van der Waals surface area (Å²) in [5.74, 6) is 2.51. The van der Waals surface area contributed by atoms with E-state index in [0.29, 0.717) is 18.3 Å². The molecule has 0 aliphatic carbocycles. The average molecular weight is 355 g/mol. The summed E-state index contributed by atoms with van der Waals surface area (Å²) < 4.78 is 11.0. The van der Waals surface area contributed by atoms with Crippen molar-refractivity contribution >= 4 is 11.4 Å². The van der Waals surface area contributed by atoms with Gasteiger partial charge in [-0.1, -0.05) is 5.16 Å². The molecule has 136 valence electrons. The first-order chi connectivity index (χ1) is 12.3. The van der Waals surface area contributed by atoms with Crippen molar-refractivity contribution in [2.75, 3.05) is 17.0 Å². The fraction of sp³-hybridized carbons (Fsp3) is 0.333. The smallest absolute Gasteiger partial charge is 0.258 e. The van der Waals surface area contributed by atoms with Crippen LogP contribution in [0, 0.1) is 13.8 Å². The molecular formula is C18H21N5O3. The van der Waals surface area contributed by atoms with Crippen LogP contribution in [0.2, 0.25) is 0 Å². The van der Waals surface area contributed by atoms with Crippen LogP contribution in [-0.2, 0) is 0 Å². The van der Waals surface area contributed by atoms with E-state index in [1.54, 1.807) is 13.8 Å². The number of benzene rings is 1. The zero-order valence-corrected chi connectivity index (χ0v) is 15.1. The van der Waals surface area contributed by atoms with Crippen molar-refractivity contribution in [3.8, 4) is 22.8 Å². The monoisotopic (exact) mass is 355 g/mol. The third-order valence-electron chi connectivity index (χ3n) is 4.11. The van der Waals surface area contributed by atoms with Gasteiger partial charge in [0.1, 0.15) is 11.5 Å². The maximum atomic E-state index is 10.0. The van der Waals surface area contributed by atoms with Gasteiger partial charge in [0.15, 0.2) is 0 Å². The predicted molar refractivity (Wildman–Crippen MR) is 97.3 cm³/mol. The molecule has 2 aromatic heterocycles. The van der Waals surface area contributed by atoms with E-state index in [1.165, 1.54) is 0 Å². The van der Waals surface area contributed by atoms with Gasteiger partial charge in [-0.05, 0) is 52.0 Å². The number of nitrogens with one attached hydrogen (secondary N) is 2. The third kappa shape index (κ3) is 3.04. The Morgan fingerprint density at radius 1 is 1.23 bits per heavy atom. The fourth-order valence-electron chi connectivity index (χ4n) is 3.01. The largest absolute Gasteiger partial charge is 0.466 e. The Bertz CT molecular complexity index is 954. The van der Waals surface area contributed by atoms with Crippen LogP contribution in [0.4, 0.5) is 11.4 Å². The Kier molecular flexibility index (Phi) is 3.74. The topological polar surface area (TPSA) is 99.6 Å². The molecule has 3 heterocycles. The van der Waals surface area contributed by atoms with Crippen LogP contribution in [0.1, 0.15) is 25.4 Å². The van der Waals surface area contributed by atoms with Gasteiger partial charge in [-0.2, -0.15) is 4.98 Å². The molecule has 0 radical (unpaired) electrons. The van der Waals surface area contributed by atoms with Crippen molar-refractivity contribution in [1.29, 1.82) is 0 Å². The molecule has 0 unspecified atom stereocenters. The molecule has 0 atom stereocenters. The van der Waals surface area contributed by atoms with Gasteiger partial charge in [0.2, 0.25) is 5.82 Å². The molecule has 26 heavy (non-hydrogen) atoms. The molecule has 8 heteroatoms. The molecule has 0 amide bonds. The lowest BCUT2D eigenvalue weighted by Gasteiger charge is -2.26. The van der Waals surface area contributed by atoms with Gasteiger partial charge in [0, 0.05) is 5.56 Å². The molecule has 0 spiro atoms. The minimum Gasteiger partial charge on any atom is -0.466 e. The first kappa shape index (κ1) is 16.6. The Balaban J connectivity index is 1.62. The molecule has 3 aromatic rings. The minimum absolute atomic E-state index is 0.434. The van der Waals surface area contributed by atoms with Gasteiger partial charge in [0.05, 0.1) is 29.1 Å². The number of nitrogens with zero attached hydrogens (tertiary/aromatic N) is 3. The molecule has 1 aromatic carbocycles. The number of anilines is 2. The SMILES string of the molecule is Cc1cc(-c2noc(-c3ccc4c(c3)NNN4CC(C)(C)O)n2)c(C)o1. The number of fused-ring (bicyclic) bond motifs is 1. The molecule has 8 nitrogen and oxygen atoms in total. The Morgan fingerprint density at radius 2 is 2.04 bits per heavy atom. The lowest BCUT2D eigenvalue weighted by molar-refractivity contribution is 0.0858. The van der Waals surface area contributed by atoms with E-state index in [2.05, 4.69) is 21.1 Å². The van der Waals surface area contributed by atoms with Gasteiger partial charge < -0.3 is 19.5 Å². The Labute approximate surface area is 150 Å². The van der Waals surface area contributed by atoms with E-state index in [-0.39, 0.29) is 0 Å². The highest BCUT2D eigenvalue weighted by molar-refractivity contribution is 5.78. The summed E-state index contributed by atoms with van der Waals surface area (Å²) in [5, 5.41) is 15.9. The van der Waals surface area contributed by atoms with Crippen LogP contribution in [-0.4, -0.2) is 27.4 Å². The first-order valence-electron chi connectivity index (χ1n) is 8.37. The van der Waals surface area contributed by atoms with Crippen LogP contribution >= 0.6 is 0 Å². The van der Waals surface area contributed by atoms with Crippen molar-refractivity contribution < 1.29 is 14.0 Å². The maximum Gasteiger partial charge on any atom is 0.258 e. The number of hydrogen-bond donors (Lipinski definition) is 3. The van der Waals surface area contributed by atoms with Crippen LogP contribution in [0.25, 0.3) is 22.8 Å². The zero-order chi connectivity index (χ0) is 18.5. The number of hydrazine groups is 2. The standard InChI is InChI=1S/C18H21N5O3/c1-10-7-13(11(2)25-10)16-19-17(26-21-16)12-5-6-15-14(8-12)20-22-23(15)9-18(3,4)24/h5-8,20,22,24H,9H2,1-4H3. The summed E-state index contributed by atoms with van der Waals surface area (Å²) in [6.07, 6.45) is 0. The fourth-order valence-corrected chi connectivity index (χ4v) is 3.01. The second-order valence-electron chi connectivity index (χ2n) is 7.12. The summed E-state index contributed by atoms with van der Waals surface area (Å²) in [5.41, 5.74) is 8.77. The number of aryl methyl sites for hydroxylation is 2. The quantitative estimate of drug-likeness (QED) is 0.657. The molecule has 0 bridgehead atoms. The Hall–Kier alpha value is -2.84. The summed E-state index contributed by atoms with van der Waals surface area (Å²) in [6, 6.07) is 7.68. The van der Waals surface area contributed by atoms with E-state index in [9.17, 15) is 5.11 Å². The third-order valence-corrected chi connectivity index (χ3v) is 4.11. The molecule has 0 saturated heterocycles. The van der Waals surface area contributed by atoms with E-state index in [0.717, 1.165) is 34.0 Å². The van der Waals surface area contributed by atoms with Crippen molar-refractivity contribution in [1.82, 2.24) is 15.7 Å². The molecule has 0 fully saturated rings. The second-order valence-corrected chi connectivity index (χ2v) is 7.12. The van der Waals surface area contributed by atoms with Gasteiger partial charge in [0.25, 0.3) is 5.89 Å². The van der Waals surface area contributed by atoms with Crippen molar-refractivity contribution in [2.24, 2.45) is 0 Å². The van der Waals surface area contributed by atoms with Crippen molar-refractivity contribution in [3.05, 3.63) is 35.8 Å². The summed E-state index contributed by atoms with van der Waals surface area (Å²) >= 11 is 0. The highest BCUT2D eigenvalue weighted by atomic mass is 16.5. The number of β-amino-alcohol motifs (C(OH)–C–C–N with tert-alkyl or cyclic N) is 1. The van der Waals surface area contributed by atoms with Gasteiger partial charge in [-0.15, -0.1) is 5.53 Å². The summed E-state index contributed by atoms with van der Waals surface area (Å²) in [6.45, 7) is 7.73. The molecule has 3 N–H and O–H groups in total. The highest BCUT2D eigenvalue weighted by Gasteiger charge is 2.25. The predicted octanol–water partition coefficient (Wildman–Crippen LogP) is 3.04. The van der Waals surface area contributed by atoms with Gasteiger partial charge in [-0.25, -0.2) is 0 Å². The molecule has 1 aliphatic rings. The number of aromatic nitrogens is 2. The lowest BCUT2D eigenvalue weighted by atomic mass is 10.1. The van der Waals surface area contributed by atoms with Crippen molar-refractivity contribution in [2.45, 2.75) is 33.3 Å². The van der Waals surface area contributed by atoms with Crippen LogP contribution in [0.15, 0.2) is 33.2 Å². The lowest BCUT2D eigenvalue weighted by Crippen LogP contribution is -2.45. The first-order valence-corrected chi connectivity index (χ1v) is 8.37. The second kappa shape index (κ2) is 5.86. The maximum absolute atomic E-state index is 10.0. The number of rotatable bonds is 4. The van der Waals surface area contributed by atoms with Crippen LogP contribution < -0.4 is 16.0 Å². The van der Waals surface area contributed by atoms with Gasteiger partial charge >= 0.3 is 0 Å². The van der Waals surface area contributed by atoms with Crippen LogP contribution in [0.5, 0.6) is 0 Å².